The first kappa shape index (κ1) is 24.3. The molecule has 8 nitrogen and oxygen atoms in total. The smallest absolute Gasteiger partial charge is 0.244 e. The van der Waals surface area contributed by atoms with Crippen molar-refractivity contribution in [1.82, 2.24) is 14.6 Å². The topological polar surface area (TPSA) is 108 Å². The molecule has 0 bridgehead atoms. The summed E-state index contributed by atoms with van der Waals surface area (Å²) in [6.45, 7) is 5.61. The van der Waals surface area contributed by atoms with Crippen LogP contribution in [0, 0.1) is 0 Å². The number of anilines is 1. The van der Waals surface area contributed by atoms with Gasteiger partial charge in [-0.05, 0) is 31.7 Å². The average Bonchev–Trinajstić information content (AvgIpc) is 3.22. The van der Waals surface area contributed by atoms with Crippen LogP contribution >= 0.6 is 11.3 Å². The summed E-state index contributed by atoms with van der Waals surface area (Å²) in [6.07, 6.45) is 2.62. The van der Waals surface area contributed by atoms with Crippen molar-refractivity contribution >= 4 is 38.3 Å². The van der Waals surface area contributed by atoms with Crippen LogP contribution in [0.1, 0.15) is 58.1 Å². The quantitative estimate of drug-likeness (QED) is 0.603. The van der Waals surface area contributed by atoms with E-state index in [9.17, 15) is 18.0 Å². The van der Waals surface area contributed by atoms with Gasteiger partial charge in [0.2, 0.25) is 21.8 Å². The minimum atomic E-state index is -3.45. The van der Waals surface area contributed by atoms with Gasteiger partial charge in [0.15, 0.2) is 5.13 Å². The van der Waals surface area contributed by atoms with Crippen LogP contribution in [0.4, 0.5) is 5.13 Å². The maximum Gasteiger partial charge on any atom is 0.244 e. The predicted octanol–water partition coefficient (Wildman–Crippen LogP) is 3.54. The molecule has 2 N–H and O–H groups in total. The lowest BCUT2D eigenvalue weighted by Gasteiger charge is -2.33. The second kappa shape index (κ2) is 10.5. The fourth-order valence-electron chi connectivity index (χ4n) is 3.86. The summed E-state index contributed by atoms with van der Waals surface area (Å²) in [5.41, 5.74) is 2.60. The molecule has 3 rings (SSSR count). The van der Waals surface area contributed by atoms with Crippen LogP contribution in [0.2, 0.25) is 0 Å². The van der Waals surface area contributed by atoms with Crippen molar-refractivity contribution in [2.75, 3.05) is 17.6 Å². The SMILES string of the molecule is CCCS(=O)(=O)N1CCCCC1C(=O)Nc1nc(-c2ccc(C(C)NC(C)=O)cc2)cs1. The number of nitrogens with zero attached hydrogens (tertiary/aromatic N) is 2. The van der Waals surface area contributed by atoms with Gasteiger partial charge in [-0.3, -0.25) is 9.59 Å². The summed E-state index contributed by atoms with van der Waals surface area (Å²) in [6, 6.07) is 6.94. The van der Waals surface area contributed by atoms with Crippen LogP contribution in [-0.4, -0.2) is 47.9 Å². The molecule has 2 atom stereocenters. The number of sulfonamides is 1. The summed E-state index contributed by atoms with van der Waals surface area (Å²) >= 11 is 1.31. The molecule has 0 radical (unpaired) electrons. The van der Waals surface area contributed by atoms with Gasteiger partial charge < -0.3 is 10.6 Å². The minimum absolute atomic E-state index is 0.0503. The molecule has 1 aliphatic rings. The molecule has 32 heavy (non-hydrogen) atoms. The van der Waals surface area contributed by atoms with Crippen molar-refractivity contribution in [3.8, 4) is 11.3 Å². The molecular formula is C22H30N4O4S2. The second-order valence-electron chi connectivity index (χ2n) is 8.01. The standard InChI is InChI=1S/C22H30N4O4S2/c1-4-13-32(29,30)26-12-6-5-7-20(26)21(28)25-22-24-19(14-31-22)18-10-8-17(9-11-18)15(2)23-16(3)27/h8-11,14-15,20H,4-7,12-13H2,1-3H3,(H,23,27)(H,24,25,28). The highest BCUT2D eigenvalue weighted by Gasteiger charge is 2.36. The first-order chi connectivity index (χ1) is 15.2. The van der Waals surface area contributed by atoms with Gasteiger partial charge in [-0.2, -0.15) is 4.31 Å². The summed E-state index contributed by atoms with van der Waals surface area (Å²) in [4.78, 5) is 28.6. The van der Waals surface area contributed by atoms with E-state index in [1.54, 1.807) is 0 Å². The average molecular weight is 479 g/mol. The lowest BCUT2D eigenvalue weighted by atomic mass is 10.0. The number of rotatable bonds is 8. The van der Waals surface area contributed by atoms with Gasteiger partial charge in [0.05, 0.1) is 17.5 Å². The Morgan fingerprint density at radius 3 is 2.62 bits per heavy atom. The van der Waals surface area contributed by atoms with Gasteiger partial charge in [-0.15, -0.1) is 11.3 Å². The Labute approximate surface area is 193 Å². The van der Waals surface area contributed by atoms with Crippen LogP contribution in [0.25, 0.3) is 11.3 Å². The number of hydrogen-bond donors (Lipinski definition) is 2. The Bertz CT molecular complexity index is 1050. The third kappa shape index (κ3) is 5.93. The molecule has 1 fully saturated rings. The molecule has 0 spiro atoms. The highest BCUT2D eigenvalue weighted by atomic mass is 32.2. The molecule has 1 saturated heterocycles. The van der Waals surface area contributed by atoms with E-state index in [0.717, 1.165) is 29.7 Å². The van der Waals surface area contributed by atoms with E-state index in [0.29, 0.717) is 24.5 Å². The third-order valence-corrected chi connectivity index (χ3v) is 8.27. The van der Waals surface area contributed by atoms with Gasteiger partial charge in [-0.25, -0.2) is 13.4 Å². The van der Waals surface area contributed by atoms with E-state index in [1.807, 2.05) is 43.5 Å². The summed E-state index contributed by atoms with van der Waals surface area (Å²) < 4.78 is 26.5. The van der Waals surface area contributed by atoms with Crippen molar-refractivity contribution in [2.24, 2.45) is 0 Å². The molecule has 0 aliphatic carbocycles. The van der Waals surface area contributed by atoms with Crippen LogP contribution in [0.3, 0.4) is 0 Å². The first-order valence-corrected chi connectivity index (χ1v) is 13.3. The van der Waals surface area contributed by atoms with Gasteiger partial charge >= 0.3 is 0 Å². The molecule has 10 heteroatoms. The fourth-order valence-corrected chi connectivity index (χ4v) is 6.33. The summed E-state index contributed by atoms with van der Waals surface area (Å²) in [7, 11) is -3.45. The Morgan fingerprint density at radius 1 is 1.25 bits per heavy atom. The van der Waals surface area contributed by atoms with Crippen molar-refractivity contribution in [2.45, 2.75) is 58.5 Å². The molecule has 1 aromatic heterocycles. The number of carbonyl (C=O) groups is 2. The van der Waals surface area contributed by atoms with Crippen molar-refractivity contribution in [1.29, 1.82) is 0 Å². The van der Waals surface area contributed by atoms with E-state index < -0.39 is 16.1 Å². The van der Waals surface area contributed by atoms with E-state index >= 15 is 0 Å². The van der Waals surface area contributed by atoms with E-state index in [1.165, 1.54) is 22.6 Å². The zero-order chi connectivity index (χ0) is 23.3. The number of carbonyl (C=O) groups excluding carboxylic acids is 2. The largest absolute Gasteiger partial charge is 0.350 e. The van der Waals surface area contributed by atoms with Crippen LogP contribution < -0.4 is 10.6 Å². The zero-order valence-corrected chi connectivity index (χ0v) is 20.3. The summed E-state index contributed by atoms with van der Waals surface area (Å²) in [5, 5.41) is 7.96. The Kier molecular flexibility index (Phi) is 8.02. The number of benzene rings is 1. The van der Waals surface area contributed by atoms with Crippen molar-refractivity contribution in [3.05, 3.63) is 35.2 Å². The number of amides is 2. The minimum Gasteiger partial charge on any atom is -0.350 e. The predicted molar refractivity (Wildman–Crippen MR) is 127 cm³/mol. The Balaban J connectivity index is 1.69. The zero-order valence-electron chi connectivity index (χ0n) is 18.6. The summed E-state index contributed by atoms with van der Waals surface area (Å²) in [5.74, 6) is -0.361. The molecule has 2 heterocycles. The monoisotopic (exact) mass is 478 g/mol. The van der Waals surface area contributed by atoms with Crippen molar-refractivity contribution < 1.29 is 18.0 Å². The Morgan fingerprint density at radius 2 is 1.97 bits per heavy atom. The van der Waals surface area contributed by atoms with Crippen molar-refractivity contribution in [3.63, 3.8) is 0 Å². The van der Waals surface area contributed by atoms with Gasteiger partial charge in [0.1, 0.15) is 6.04 Å². The Hall–Kier alpha value is -2.30. The highest BCUT2D eigenvalue weighted by molar-refractivity contribution is 7.89. The van der Waals surface area contributed by atoms with Gasteiger partial charge in [0.25, 0.3) is 0 Å². The molecule has 2 amide bonds. The number of nitrogens with one attached hydrogen (secondary N) is 2. The second-order valence-corrected chi connectivity index (χ2v) is 10.9. The lowest BCUT2D eigenvalue weighted by Crippen LogP contribution is -2.50. The molecule has 2 unspecified atom stereocenters. The van der Waals surface area contributed by atoms with Gasteiger partial charge in [0, 0.05) is 24.4 Å². The lowest BCUT2D eigenvalue weighted by molar-refractivity contribution is -0.121. The van der Waals surface area contributed by atoms with Gasteiger partial charge in [-0.1, -0.05) is 37.6 Å². The maximum atomic E-state index is 12.9. The molecule has 174 valence electrons. The number of thiazole rings is 1. The van der Waals surface area contributed by atoms with E-state index in [-0.39, 0.29) is 23.6 Å². The fraction of sp³-hybridized carbons (Fsp3) is 0.500. The maximum absolute atomic E-state index is 12.9. The van der Waals surface area contributed by atoms with Crippen LogP contribution in [0.15, 0.2) is 29.6 Å². The highest BCUT2D eigenvalue weighted by Crippen LogP contribution is 2.28. The molecule has 1 aliphatic heterocycles. The number of hydrogen-bond acceptors (Lipinski definition) is 6. The van der Waals surface area contributed by atoms with Crippen LogP contribution in [0.5, 0.6) is 0 Å². The number of aromatic nitrogens is 1. The first-order valence-electron chi connectivity index (χ1n) is 10.8. The molecule has 2 aromatic rings. The van der Waals surface area contributed by atoms with E-state index in [4.69, 9.17) is 0 Å². The normalized spacial score (nSPS) is 18.2. The van der Waals surface area contributed by atoms with Crippen LogP contribution in [-0.2, 0) is 19.6 Å². The third-order valence-electron chi connectivity index (χ3n) is 5.44. The molecule has 1 aromatic carbocycles. The molecular weight excluding hydrogens is 448 g/mol. The van der Waals surface area contributed by atoms with E-state index in [2.05, 4.69) is 15.6 Å². The number of piperidine rings is 1. The molecule has 0 saturated carbocycles.